The third-order valence-corrected chi connectivity index (χ3v) is 3.69. The summed E-state index contributed by atoms with van der Waals surface area (Å²) in [5.74, 6) is 0. The molecule has 74 valence electrons. The monoisotopic (exact) mass is 207 g/mol. The van der Waals surface area contributed by atoms with Crippen molar-refractivity contribution in [2.75, 3.05) is 0 Å². The second-order valence-electron chi connectivity index (χ2n) is 3.46. The summed E-state index contributed by atoms with van der Waals surface area (Å²) < 4.78 is 0. The Kier molecular flexibility index (Phi) is 3.09. The van der Waals surface area contributed by atoms with Gasteiger partial charge in [0.15, 0.2) is 0 Å². The lowest BCUT2D eigenvalue weighted by Gasteiger charge is -2.06. The molecule has 1 aromatic carbocycles. The molecule has 0 saturated heterocycles. The van der Waals surface area contributed by atoms with Crippen LogP contribution in [0, 0.1) is 0 Å². The van der Waals surface area contributed by atoms with Gasteiger partial charge in [-0.1, -0.05) is 23.4 Å². The lowest BCUT2D eigenvalue weighted by molar-refractivity contribution is 0.317. The molecule has 0 aliphatic heterocycles. The van der Waals surface area contributed by atoms with Crippen molar-refractivity contribution in [1.82, 2.24) is 0 Å². The summed E-state index contributed by atoms with van der Waals surface area (Å²) in [5.41, 5.74) is 0.943. The average Bonchev–Trinajstić information content (AvgIpc) is 2.67. The van der Waals surface area contributed by atoms with Crippen molar-refractivity contribution < 1.29 is 5.21 Å². The van der Waals surface area contributed by atoms with Gasteiger partial charge in [0.25, 0.3) is 0 Å². The highest BCUT2D eigenvalue weighted by Crippen LogP contribution is 2.33. The third kappa shape index (κ3) is 2.29. The molecule has 14 heavy (non-hydrogen) atoms. The Bertz CT molecular complexity index is 323. The van der Waals surface area contributed by atoms with Crippen LogP contribution in [0.2, 0.25) is 0 Å². The maximum Gasteiger partial charge on any atom is 0.0582 e. The van der Waals surface area contributed by atoms with Crippen molar-refractivity contribution in [1.29, 1.82) is 0 Å². The molecule has 1 aliphatic carbocycles. The molecule has 1 N–H and O–H groups in total. The van der Waals surface area contributed by atoms with Crippen molar-refractivity contribution in [2.45, 2.75) is 29.4 Å². The summed E-state index contributed by atoms with van der Waals surface area (Å²) in [6.07, 6.45) is 3.00. The fraction of sp³-hybridized carbons (Fsp3) is 0.364. The zero-order chi connectivity index (χ0) is 9.80. The standard InChI is InChI=1S/C11H13NOS/c13-12-9-6-7-11(8-9)14-10-4-2-1-3-5-10/h1-5,11,13H,6-8H2/b12-9+. The van der Waals surface area contributed by atoms with Crippen LogP contribution < -0.4 is 0 Å². The number of oxime groups is 1. The number of nitrogens with zero attached hydrogens (tertiary/aromatic N) is 1. The minimum absolute atomic E-state index is 0.586. The van der Waals surface area contributed by atoms with Crippen LogP contribution in [0.25, 0.3) is 0 Å². The first-order valence-corrected chi connectivity index (χ1v) is 5.68. The van der Waals surface area contributed by atoms with Gasteiger partial charge in [-0.15, -0.1) is 11.8 Å². The maximum atomic E-state index is 8.63. The SMILES string of the molecule is O/N=C1\CCC(Sc2ccccc2)C1. The summed E-state index contributed by atoms with van der Waals surface area (Å²) in [6, 6.07) is 10.4. The van der Waals surface area contributed by atoms with Crippen molar-refractivity contribution in [3.05, 3.63) is 30.3 Å². The Balaban J connectivity index is 1.94. The van der Waals surface area contributed by atoms with E-state index in [0.717, 1.165) is 25.0 Å². The Morgan fingerprint density at radius 3 is 2.71 bits per heavy atom. The van der Waals surface area contributed by atoms with Crippen LogP contribution in [-0.4, -0.2) is 16.2 Å². The molecule has 3 heteroatoms. The number of hydrogen-bond acceptors (Lipinski definition) is 3. The van der Waals surface area contributed by atoms with Crippen LogP contribution in [-0.2, 0) is 0 Å². The molecule has 0 amide bonds. The van der Waals surface area contributed by atoms with Gasteiger partial charge in [-0.05, 0) is 25.0 Å². The van der Waals surface area contributed by atoms with E-state index in [-0.39, 0.29) is 0 Å². The zero-order valence-corrected chi connectivity index (χ0v) is 8.70. The Labute approximate surface area is 88.0 Å². The van der Waals surface area contributed by atoms with Crippen LogP contribution in [0.3, 0.4) is 0 Å². The van der Waals surface area contributed by atoms with Crippen LogP contribution in [0.1, 0.15) is 19.3 Å². The van der Waals surface area contributed by atoms with Gasteiger partial charge in [0.2, 0.25) is 0 Å². The number of benzene rings is 1. The summed E-state index contributed by atoms with van der Waals surface area (Å²) >= 11 is 1.88. The highest BCUT2D eigenvalue weighted by molar-refractivity contribution is 8.00. The minimum Gasteiger partial charge on any atom is -0.411 e. The largest absolute Gasteiger partial charge is 0.411 e. The normalized spacial score (nSPS) is 24.3. The Morgan fingerprint density at radius 1 is 1.29 bits per heavy atom. The molecule has 0 bridgehead atoms. The van der Waals surface area contributed by atoms with E-state index in [9.17, 15) is 0 Å². The van der Waals surface area contributed by atoms with Crippen LogP contribution in [0.4, 0.5) is 0 Å². The van der Waals surface area contributed by atoms with Gasteiger partial charge in [-0.25, -0.2) is 0 Å². The number of thioether (sulfide) groups is 1. The second kappa shape index (κ2) is 4.51. The lowest BCUT2D eigenvalue weighted by atomic mass is 10.3. The van der Waals surface area contributed by atoms with E-state index >= 15 is 0 Å². The van der Waals surface area contributed by atoms with E-state index in [4.69, 9.17) is 5.21 Å². The van der Waals surface area contributed by atoms with E-state index in [1.54, 1.807) is 0 Å². The summed E-state index contributed by atoms with van der Waals surface area (Å²) in [6.45, 7) is 0. The molecule has 0 radical (unpaired) electrons. The van der Waals surface area contributed by atoms with Gasteiger partial charge in [0.05, 0.1) is 5.71 Å². The Morgan fingerprint density at radius 2 is 2.07 bits per heavy atom. The summed E-state index contributed by atoms with van der Waals surface area (Å²) in [7, 11) is 0. The predicted octanol–water partition coefficient (Wildman–Crippen LogP) is 3.16. The first kappa shape index (κ1) is 9.59. The molecule has 1 aromatic rings. The van der Waals surface area contributed by atoms with Crippen molar-refractivity contribution in [3.63, 3.8) is 0 Å². The van der Waals surface area contributed by atoms with E-state index in [1.165, 1.54) is 4.90 Å². The fourth-order valence-corrected chi connectivity index (χ4v) is 2.89. The molecule has 1 unspecified atom stereocenters. The number of hydrogen-bond donors (Lipinski definition) is 1. The highest BCUT2D eigenvalue weighted by atomic mass is 32.2. The maximum absolute atomic E-state index is 8.63. The first-order chi connectivity index (χ1) is 6.88. The smallest absolute Gasteiger partial charge is 0.0582 e. The van der Waals surface area contributed by atoms with Gasteiger partial charge >= 0.3 is 0 Å². The molecule has 1 saturated carbocycles. The van der Waals surface area contributed by atoms with Crippen LogP contribution in [0.15, 0.2) is 40.4 Å². The lowest BCUT2D eigenvalue weighted by Crippen LogP contribution is -1.96. The molecule has 1 fully saturated rings. The van der Waals surface area contributed by atoms with E-state index in [1.807, 2.05) is 17.8 Å². The quantitative estimate of drug-likeness (QED) is 0.597. The molecule has 2 nitrogen and oxygen atoms in total. The topological polar surface area (TPSA) is 32.6 Å². The average molecular weight is 207 g/mol. The molecule has 0 spiro atoms. The molecule has 1 aliphatic rings. The molecule has 1 atom stereocenters. The van der Waals surface area contributed by atoms with Crippen molar-refractivity contribution in [2.24, 2.45) is 5.16 Å². The van der Waals surface area contributed by atoms with E-state index in [2.05, 4.69) is 29.4 Å². The highest BCUT2D eigenvalue weighted by Gasteiger charge is 2.21. The van der Waals surface area contributed by atoms with Crippen molar-refractivity contribution >= 4 is 17.5 Å². The van der Waals surface area contributed by atoms with Gasteiger partial charge in [0.1, 0.15) is 0 Å². The number of rotatable bonds is 2. The summed E-state index contributed by atoms with van der Waals surface area (Å²) in [4.78, 5) is 1.30. The van der Waals surface area contributed by atoms with Crippen LogP contribution >= 0.6 is 11.8 Å². The van der Waals surface area contributed by atoms with Gasteiger partial charge in [-0.3, -0.25) is 0 Å². The van der Waals surface area contributed by atoms with Gasteiger partial charge in [0, 0.05) is 16.6 Å². The second-order valence-corrected chi connectivity index (χ2v) is 4.84. The Hall–Kier alpha value is -0.960. The zero-order valence-electron chi connectivity index (χ0n) is 7.89. The molecule has 0 aromatic heterocycles. The molecular formula is C11H13NOS. The third-order valence-electron chi connectivity index (χ3n) is 2.41. The first-order valence-electron chi connectivity index (χ1n) is 4.80. The minimum atomic E-state index is 0.586. The molecule has 2 rings (SSSR count). The van der Waals surface area contributed by atoms with E-state index in [0.29, 0.717) is 5.25 Å². The molecular weight excluding hydrogens is 194 g/mol. The predicted molar refractivity (Wildman–Crippen MR) is 59.2 cm³/mol. The van der Waals surface area contributed by atoms with Crippen molar-refractivity contribution in [3.8, 4) is 0 Å². The van der Waals surface area contributed by atoms with Gasteiger partial charge < -0.3 is 5.21 Å². The van der Waals surface area contributed by atoms with Crippen LogP contribution in [0.5, 0.6) is 0 Å². The van der Waals surface area contributed by atoms with E-state index < -0.39 is 0 Å². The molecule has 0 heterocycles. The van der Waals surface area contributed by atoms with Gasteiger partial charge in [-0.2, -0.15) is 0 Å². The fourth-order valence-electron chi connectivity index (χ4n) is 1.68. The summed E-state index contributed by atoms with van der Waals surface area (Å²) in [5, 5.41) is 12.5.